The Hall–Kier alpha value is -3.04. The van der Waals surface area contributed by atoms with Gasteiger partial charge in [-0.15, -0.1) is 0 Å². The van der Waals surface area contributed by atoms with Crippen molar-refractivity contribution in [1.82, 2.24) is 13.9 Å². The lowest BCUT2D eigenvalue weighted by Gasteiger charge is -2.23. The Bertz CT molecular complexity index is 1160. The van der Waals surface area contributed by atoms with Crippen molar-refractivity contribution in [1.29, 1.82) is 0 Å². The zero-order chi connectivity index (χ0) is 21.3. The van der Waals surface area contributed by atoms with Gasteiger partial charge in [-0.3, -0.25) is 4.79 Å². The van der Waals surface area contributed by atoms with Gasteiger partial charge in [-0.1, -0.05) is 17.7 Å². The molecule has 1 amide bonds. The molecule has 0 bridgehead atoms. The first-order chi connectivity index (χ1) is 14.4. The monoisotopic (exact) mass is 428 g/mol. The first-order valence-electron chi connectivity index (χ1n) is 9.53. The third kappa shape index (κ3) is 3.86. The molecule has 1 aliphatic rings. The van der Waals surface area contributed by atoms with Crippen molar-refractivity contribution in [2.45, 2.75) is 30.7 Å². The maximum Gasteiger partial charge on any atom is 0.243 e. The van der Waals surface area contributed by atoms with Crippen LogP contribution < -0.4 is 5.32 Å². The lowest BCUT2D eigenvalue weighted by Crippen LogP contribution is -2.43. The van der Waals surface area contributed by atoms with E-state index in [1.807, 2.05) is 6.92 Å². The molecule has 0 radical (unpaired) electrons. The van der Waals surface area contributed by atoms with Crippen LogP contribution in [0.2, 0.25) is 0 Å². The lowest BCUT2D eigenvalue weighted by molar-refractivity contribution is -0.119. The Morgan fingerprint density at radius 3 is 2.63 bits per heavy atom. The number of hydrogen-bond acceptors (Lipinski definition) is 4. The van der Waals surface area contributed by atoms with E-state index in [0.717, 1.165) is 5.56 Å². The lowest BCUT2D eigenvalue weighted by atomic mass is 10.2. The normalized spacial score (nSPS) is 17.2. The molecule has 0 spiro atoms. The maximum atomic E-state index is 14.5. The van der Waals surface area contributed by atoms with E-state index in [9.17, 15) is 17.6 Å². The summed E-state index contributed by atoms with van der Waals surface area (Å²) in [6, 6.07) is 10.0. The molecule has 0 saturated carbocycles. The first kappa shape index (κ1) is 20.2. The van der Waals surface area contributed by atoms with Gasteiger partial charge in [0.15, 0.2) is 0 Å². The molecule has 1 atom stereocenters. The summed E-state index contributed by atoms with van der Waals surface area (Å²) in [7, 11) is -3.80. The third-order valence-corrected chi connectivity index (χ3v) is 7.05. The minimum atomic E-state index is -3.80. The van der Waals surface area contributed by atoms with Crippen molar-refractivity contribution in [3.05, 3.63) is 72.6 Å². The molecule has 1 aromatic heterocycles. The number of anilines is 1. The van der Waals surface area contributed by atoms with Gasteiger partial charge in [0, 0.05) is 24.6 Å². The number of aromatic nitrogens is 2. The molecule has 0 aliphatic carbocycles. The van der Waals surface area contributed by atoms with Crippen LogP contribution in [0, 0.1) is 12.7 Å². The number of halogens is 1. The van der Waals surface area contributed by atoms with E-state index in [-0.39, 0.29) is 17.1 Å². The Morgan fingerprint density at radius 2 is 1.97 bits per heavy atom. The van der Waals surface area contributed by atoms with Crippen LogP contribution in [0.5, 0.6) is 0 Å². The molecule has 4 rings (SSSR count). The van der Waals surface area contributed by atoms with Crippen LogP contribution in [-0.2, 0) is 14.8 Å². The van der Waals surface area contributed by atoms with Crippen molar-refractivity contribution in [2.75, 3.05) is 11.9 Å². The Morgan fingerprint density at radius 1 is 1.20 bits per heavy atom. The van der Waals surface area contributed by atoms with Crippen molar-refractivity contribution in [2.24, 2.45) is 0 Å². The van der Waals surface area contributed by atoms with E-state index in [4.69, 9.17) is 0 Å². The molecule has 2 aromatic carbocycles. The van der Waals surface area contributed by atoms with Gasteiger partial charge in [0.05, 0.1) is 16.9 Å². The minimum Gasteiger partial charge on any atom is -0.325 e. The van der Waals surface area contributed by atoms with Crippen LogP contribution in [0.25, 0.3) is 5.69 Å². The molecule has 1 aliphatic heterocycles. The van der Waals surface area contributed by atoms with Crippen molar-refractivity contribution >= 4 is 21.6 Å². The summed E-state index contributed by atoms with van der Waals surface area (Å²) in [6.45, 7) is 2.14. The van der Waals surface area contributed by atoms with Gasteiger partial charge in [0.1, 0.15) is 11.9 Å². The topological polar surface area (TPSA) is 84.3 Å². The number of carbonyl (C=O) groups is 1. The van der Waals surface area contributed by atoms with Gasteiger partial charge in [-0.2, -0.15) is 4.31 Å². The second-order valence-corrected chi connectivity index (χ2v) is 9.10. The number of benzene rings is 2. The number of sulfonamides is 1. The summed E-state index contributed by atoms with van der Waals surface area (Å²) in [4.78, 5) is 16.9. The highest BCUT2D eigenvalue weighted by atomic mass is 32.2. The number of imidazole rings is 1. The number of nitrogens with one attached hydrogen (secondary N) is 1. The summed E-state index contributed by atoms with van der Waals surface area (Å²) in [5, 5.41) is 2.65. The van der Waals surface area contributed by atoms with Gasteiger partial charge >= 0.3 is 0 Å². The fourth-order valence-corrected chi connectivity index (χ4v) is 5.21. The van der Waals surface area contributed by atoms with Crippen molar-refractivity contribution in [3.63, 3.8) is 0 Å². The van der Waals surface area contributed by atoms with Gasteiger partial charge in [-0.05, 0) is 50.1 Å². The van der Waals surface area contributed by atoms with E-state index in [1.54, 1.807) is 36.5 Å². The summed E-state index contributed by atoms with van der Waals surface area (Å²) in [5.41, 5.74) is 1.52. The molecular formula is C21H21FN4O3S. The second-order valence-electron chi connectivity index (χ2n) is 7.21. The van der Waals surface area contributed by atoms with Gasteiger partial charge in [0.25, 0.3) is 0 Å². The predicted octanol–water partition coefficient (Wildman–Crippen LogP) is 3.11. The molecule has 1 fully saturated rings. The molecule has 0 unspecified atom stereocenters. The van der Waals surface area contributed by atoms with Gasteiger partial charge in [-0.25, -0.2) is 17.8 Å². The third-order valence-electron chi connectivity index (χ3n) is 5.13. The fraction of sp³-hybridized carbons (Fsp3) is 0.238. The molecule has 1 saturated heterocycles. The van der Waals surface area contributed by atoms with E-state index < -0.39 is 27.8 Å². The largest absolute Gasteiger partial charge is 0.325 e. The van der Waals surface area contributed by atoms with E-state index in [1.165, 1.54) is 33.5 Å². The molecule has 156 valence electrons. The standard InChI is InChI=1S/C21H21FN4O3S/c1-15-4-7-17(8-5-15)30(28,29)26-11-2-3-20(26)21(27)24-16-6-9-19(18(22)13-16)25-12-10-23-14-25/h4-10,12-14,20H,2-3,11H2,1H3,(H,24,27)/t20-/m0/s1. The van der Waals surface area contributed by atoms with Crippen LogP contribution in [-0.4, -0.2) is 40.8 Å². The van der Waals surface area contributed by atoms with Crippen LogP contribution in [0.4, 0.5) is 10.1 Å². The van der Waals surface area contributed by atoms with E-state index in [0.29, 0.717) is 18.5 Å². The van der Waals surface area contributed by atoms with Crippen molar-refractivity contribution in [3.8, 4) is 5.69 Å². The minimum absolute atomic E-state index is 0.156. The zero-order valence-electron chi connectivity index (χ0n) is 16.3. The number of amides is 1. The smallest absolute Gasteiger partial charge is 0.243 e. The first-order valence-corrected chi connectivity index (χ1v) is 11.0. The number of hydrogen-bond donors (Lipinski definition) is 1. The van der Waals surface area contributed by atoms with Crippen LogP contribution in [0.3, 0.4) is 0 Å². The predicted molar refractivity (Wildman–Crippen MR) is 110 cm³/mol. The number of nitrogens with zero attached hydrogens (tertiary/aromatic N) is 3. The van der Waals surface area contributed by atoms with Crippen molar-refractivity contribution < 1.29 is 17.6 Å². The van der Waals surface area contributed by atoms with Crippen LogP contribution >= 0.6 is 0 Å². The molecule has 3 aromatic rings. The summed E-state index contributed by atoms with van der Waals surface area (Å²) < 4.78 is 43.2. The molecule has 2 heterocycles. The van der Waals surface area contributed by atoms with Crippen LogP contribution in [0.1, 0.15) is 18.4 Å². The molecular weight excluding hydrogens is 407 g/mol. The highest BCUT2D eigenvalue weighted by Gasteiger charge is 2.39. The average molecular weight is 428 g/mol. The van der Waals surface area contributed by atoms with Gasteiger partial charge in [0.2, 0.25) is 15.9 Å². The molecule has 30 heavy (non-hydrogen) atoms. The molecule has 9 heteroatoms. The van der Waals surface area contributed by atoms with Crippen LogP contribution in [0.15, 0.2) is 66.1 Å². The fourth-order valence-electron chi connectivity index (χ4n) is 3.56. The number of aryl methyl sites for hydroxylation is 1. The number of carbonyl (C=O) groups excluding carboxylic acids is 1. The molecule has 1 N–H and O–H groups in total. The Kier molecular flexibility index (Phi) is 5.40. The zero-order valence-corrected chi connectivity index (χ0v) is 17.1. The quantitative estimate of drug-likeness (QED) is 0.677. The maximum absolute atomic E-state index is 14.5. The second kappa shape index (κ2) is 8.00. The Balaban J connectivity index is 1.53. The van der Waals surface area contributed by atoms with E-state index in [2.05, 4.69) is 10.3 Å². The summed E-state index contributed by atoms with van der Waals surface area (Å²) in [5.74, 6) is -1.00. The van der Waals surface area contributed by atoms with E-state index >= 15 is 0 Å². The molecule has 7 nitrogen and oxygen atoms in total. The summed E-state index contributed by atoms with van der Waals surface area (Å²) in [6.07, 6.45) is 5.62. The summed E-state index contributed by atoms with van der Waals surface area (Å²) >= 11 is 0. The average Bonchev–Trinajstić information content (AvgIpc) is 3.41. The van der Waals surface area contributed by atoms with Gasteiger partial charge < -0.3 is 9.88 Å². The number of rotatable bonds is 5. The Labute approximate surface area is 174 Å². The highest BCUT2D eigenvalue weighted by molar-refractivity contribution is 7.89. The SMILES string of the molecule is Cc1ccc(S(=O)(=O)N2CCC[C@H]2C(=O)Nc2ccc(-n3ccnc3)c(F)c2)cc1. The highest BCUT2D eigenvalue weighted by Crippen LogP contribution is 2.27.